The lowest BCUT2D eigenvalue weighted by Crippen LogP contribution is -2.28. The van der Waals surface area contributed by atoms with Gasteiger partial charge in [-0.15, -0.1) is 0 Å². The van der Waals surface area contributed by atoms with E-state index >= 15 is 0 Å². The molecule has 0 radical (unpaired) electrons. The first-order valence-electron chi connectivity index (χ1n) is 8.40. The first kappa shape index (κ1) is 17.1. The first-order chi connectivity index (χ1) is 10.6. The molecule has 0 bridgehead atoms. The zero-order valence-electron chi connectivity index (χ0n) is 14.0. The summed E-state index contributed by atoms with van der Waals surface area (Å²) < 4.78 is 11.6. The lowest BCUT2D eigenvalue weighted by atomic mass is 10.1. The molecule has 1 aliphatic rings. The Balaban J connectivity index is 2.00. The standard InChI is InChI=1S/C18H29NO3/c1-4-15(20)12-19-13(2)14-9-10-17(18(11-14)21-3)22-16-7-5-6-8-16/h9-11,13,15-16,19-20H,4-8,12H2,1-3H3/t13?,15-/m1/s1. The monoisotopic (exact) mass is 307 g/mol. The molecule has 1 aliphatic carbocycles. The smallest absolute Gasteiger partial charge is 0.161 e. The summed E-state index contributed by atoms with van der Waals surface area (Å²) >= 11 is 0. The molecule has 1 aromatic carbocycles. The highest BCUT2D eigenvalue weighted by Crippen LogP contribution is 2.33. The minimum atomic E-state index is -0.297. The molecule has 22 heavy (non-hydrogen) atoms. The molecule has 1 aromatic rings. The third kappa shape index (κ3) is 4.62. The van der Waals surface area contributed by atoms with Gasteiger partial charge < -0.3 is 19.9 Å². The van der Waals surface area contributed by atoms with Gasteiger partial charge in [-0.2, -0.15) is 0 Å². The molecule has 0 saturated heterocycles. The van der Waals surface area contributed by atoms with Crippen molar-refractivity contribution >= 4 is 0 Å². The minimum absolute atomic E-state index is 0.163. The summed E-state index contributed by atoms with van der Waals surface area (Å²) in [6.07, 6.45) is 5.58. The summed E-state index contributed by atoms with van der Waals surface area (Å²) in [4.78, 5) is 0. The lowest BCUT2D eigenvalue weighted by molar-refractivity contribution is 0.163. The molecular formula is C18H29NO3. The number of hydrogen-bond acceptors (Lipinski definition) is 4. The molecule has 1 unspecified atom stereocenters. The summed E-state index contributed by atoms with van der Waals surface area (Å²) in [7, 11) is 1.68. The fourth-order valence-electron chi connectivity index (χ4n) is 2.81. The van der Waals surface area contributed by atoms with Gasteiger partial charge in [0, 0.05) is 12.6 Å². The molecule has 2 N–H and O–H groups in total. The highest BCUT2D eigenvalue weighted by atomic mass is 16.5. The molecule has 0 aliphatic heterocycles. The van der Waals surface area contributed by atoms with Gasteiger partial charge in [0.25, 0.3) is 0 Å². The molecule has 2 rings (SSSR count). The van der Waals surface area contributed by atoms with Crippen LogP contribution in [-0.4, -0.2) is 31.0 Å². The SMILES string of the molecule is CC[C@@H](O)CNC(C)c1ccc(OC2CCCC2)c(OC)c1. The summed E-state index contributed by atoms with van der Waals surface area (Å²) in [6, 6.07) is 6.26. The second-order valence-electron chi connectivity index (χ2n) is 6.13. The van der Waals surface area contributed by atoms with Gasteiger partial charge in [-0.25, -0.2) is 0 Å². The highest BCUT2D eigenvalue weighted by Gasteiger charge is 2.19. The van der Waals surface area contributed by atoms with Crippen molar-refractivity contribution in [2.45, 2.75) is 64.2 Å². The molecule has 4 nitrogen and oxygen atoms in total. The zero-order chi connectivity index (χ0) is 15.9. The summed E-state index contributed by atoms with van der Waals surface area (Å²) in [5.74, 6) is 1.62. The summed E-state index contributed by atoms with van der Waals surface area (Å²) in [5.41, 5.74) is 1.14. The van der Waals surface area contributed by atoms with Crippen molar-refractivity contribution in [3.8, 4) is 11.5 Å². The van der Waals surface area contributed by atoms with Gasteiger partial charge in [-0.3, -0.25) is 0 Å². The number of aliphatic hydroxyl groups is 1. The van der Waals surface area contributed by atoms with E-state index in [0.29, 0.717) is 12.6 Å². The topological polar surface area (TPSA) is 50.7 Å². The number of aliphatic hydroxyl groups excluding tert-OH is 1. The Morgan fingerprint density at radius 2 is 2.00 bits per heavy atom. The molecule has 0 spiro atoms. The van der Waals surface area contributed by atoms with Crippen molar-refractivity contribution in [2.24, 2.45) is 0 Å². The first-order valence-corrected chi connectivity index (χ1v) is 8.40. The van der Waals surface area contributed by atoms with Gasteiger partial charge in [-0.05, 0) is 56.7 Å². The third-order valence-corrected chi connectivity index (χ3v) is 4.41. The number of hydrogen-bond donors (Lipinski definition) is 2. The molecule has 1 fully saturated rings. The van der Waals surface area contributed by atoms with Gasteiger partial charge >= 0.3 is 0 Å². The van der Waals surface area contributed by atoms with Gasteiger partial charge in [0.15, 0.2) is 11.5 Å². The molecule has 1 saturated carbocycles. The lowest BCUT2D eigenvalue weighted by Gasteiger charge is -2.20. The van der Waals surface area contributed by atoms with E-state index in [2.05, 4.69) is 18.3 Å². The van der Waals surface area contributed by atoms with E-state index in [-0.39, 0.29) is 12.1 Å². The zero-order valence-corrected chi connectivity index (χ0v) is 14.0. The van der Waals surface area contributed by atoms with Crippen LogP contribution < -0.4 is 14.8 Å². The van der Waals surface area contributed by atoms with Crippen LogP contribution >= 0.6 is 0 Å². The van der Waals surface area contributed by atoms with Gasteiger partial charge in [-0.1, -0.05) is 13.0 Å². The second-order valence-corrected chi connectivity index (χ2v) is 6.13. The minimum Gasteiger partial charge on any atom is -0.493 e. The van der Waals surface area contributed by atoms with Crippen molar-refractivity contribution < 1.29 is 14.6 Å². The fourth-order valence-corrected chi connectivity index (χ4v) is 2.81. The van der Waals surface area contributed by atoms with Crippen molar-refractivity contribution in [3.63, 3.8) is 0 Å². The number of nitrogens with one attached hydrogen (secondary N) is 1. The van der Waals surface area contributed by atoms with Gasteiger partial charge in [0.05, 0.1) is 19.3 Å². The maximum absolute atomic E-state index is 9.65. The molecule has 4 heteroatoms. The van der Waals surface area contributed by atoms with E-state index in [1.54, 1.807) is 7.11 Å². The van der Waals surface area contributed by atoms with Crippen LogP contribution in [0.2, 0.25) is 0 Å². The average Bonchev–Trinajstić information content (AvgIpc) is 3.05. The molecule has 0 heterocycles. The van der Waals surface area contributed by atoms with Crippen LogP contribution in [0.1, 0.15) is 57.6 Å². The maximum Gasteiger partial charge on any atom is 0.161 e. The van der Waals surface area contributed by atoms with Gasteiger partial charge in [0.2, 0.25) is 0 Å². The molecule has 0 amide bonds. The molecule has 124 valence electrons. The van der Waals surface area contributed by atoms with Crippen molar-refractivity contribution in [3.05, 3.63) is 23.8 Å². The Morgan fingerprint density at radius 3 is 2.64 bits per heavy atom. The second kappa shape index (κ2) is 8.39. The molecule has 0 aromatic heterocycles. The molecule has 2 atom stereocenters. The molecular weight excluding hydrogens is 278 g/mol. The Kier molecular flexibility index (Phi) is 6.52. The quantitative estimate of drug-likeness (QED) is 0.772. The maximum atomic E-state index is 9.65. The predicted octanol–water partition coefficient (Wildman–Crippen LogP) is 3.44. The van der Waals surface area contributed by atoms with Crippen LogP contribution in [0.15, 0.2) is 18.2 Å². The van der Waals surface area contributed by atoms with E-state index < -0.39 is 0 Å². The average molecular weight is 307 g/mol. The number of rotatable bonds is 8. The van der Waals surface area contributed by atoms with E-state index in [9.17, 15) is 5.11 Å². The van der Waals surface area contributed by atoms with Crippen LogP contribution in [0.25, 0.3) is 0 Å². The number of ether oxygens (including phenoxy) is 2. The third-order valence-electron chi connectivity index (χ3n) is 4.41. The fraction of sp³-hybridized carbons (Fsp3) is 0.667. The summed E-state index contributed by atoms with van der Waals surface area (Å²) in [6.45, 7) is 4.67. The van der Waals surface area contributed by atoms with E-state index in [4.69, 9.17) is 9.47 Å². The largest absolute Gasteiger partial charge is 0.493 e. The van der Waals surface area contributed by atoms with Crippen molar-refractivity contribution in [2.75, 3.05) is 13.7 Å². The van der Waals surface area contributed by atoms with E-state index in [1.807, 2.05) is 19.1 Å². The Labute approximate surface area is 133 Å². The van der Waals surface area contributed by atoms with Crippen LogP contribution in [0, 0.1) is 0 Å². The highest BCUT2D eigenvalue weighted by molar-refractivity contribution is 5.44. The Bertz CT molecular complexity index is 458. The van der Waals surface area contributed by atoms with Crippen LogP contribution in [-0.2, 0) is 0 Å². The van der Waals surface area contributed by atoms with Crippen molar-refractivity contribution in [1.29, 1.82) is 0 Å². The van der Waals surface area contributed by atoms with Crippen LogP contribution in [0.5, 0.6) is 11.5 Å². The van der Waals surface area contributed by atoms with E-state index in [1.165, 1.54) is 12.8 Å². The van der Waals surface area contributed by atoms with E-state index in [0.717, 1.165) is 36.3 Å². The summed E-state index contributed by atoms with van der Waals surface area (Å²) in [5, 5.41) is 13.0. The Hall–Kier alpha value is -1.26. The Morgan fingerprint density at radius 1 is 1.27 bits per heavy atom. The van der Waals surface area contributed by atoms with Crippen LogP contribution in [0.3, 0.4) is 0 Å². The van der Waals surface area contributed by atoms with Crippen LogP contribution in [0.4, 0.5) is 0 Å². The number of methoxy groups -OCH3 is 1. The predicted molar refractivity (Wildman–Crippen MR) is 88.6 cm³/mol. The number of benzene rings is 1. The van der Waals surface area contributed by atoms with Crippen molar-refractivity contribution in [1.82, 2.24) is 5.32 Å². The van der Waals surface area contributed by atoms with Gasteiger partial charge in [0.1, 0.15) is 0 Å². The normalized spacial score (nSPS) is 18.2.